The van der Waals surface area contributed by atoms with Crippen molar-refractivity contribution in [1.29, 1.82) is 0 Å². The average Bonchev–Trinajstić information content (AvgIpc) is 2.82. The molecule has 2 N–H and O–H groups in total. The van der Waals surface area contributed by atoms with Gasteiger partial charge in [-0.25, -0.2) is 14.0 Å². The molecule has 0 fully saturated rings. The molecular formula is C23H24FNO8. The zero-order valence-corrected chi connectivity index (χ0v) is 18.3. The monoisotopic (exact) mass is 461 g/mol. The number of ether oxygens (including phenoxy) is 4. The number of carboxylic acid groups (broad SMARTS) is 2. The van der Waals surface area contributed by atoms with Gasteiger partial charge in [0.15, 0.2) is 11.5 Å². The first-order chi connectivity index (χ1) is 15.8. The molecule has 1 aromatic heterocycles. The van der Waals surface area contributed by atoms with Crippen LogP contribution < -0.4 is 18.9 Å². The molecule has 3 aromatic rings. The molecule has 0 unspecified atom stereocenters. The van der Waals surface area contributed by atoms with Gasteiger partial charge >= 0.3 is 11.9 Å². The summed E-state index contributed by atoms with van der Waals surface area (Å²) >= 11 is 0. The molecule has 0 saturated carbocycles. The molecule has 3 rings (SSSR count). The van der Waals surface area contributed by atoms with Gasteiger partial charge < -0.3 is 29.2 Å². The van der Waals surface area contributed by atoms with Gasteiger partial charge in [-0.05, 0) is 41.3 Å². The maximum Gasteiger partial charge on any atom is 0.414 e. The van der Waals surface area contributed by atoms with E-state index in [4.69, 9.17) is 38.7 Å². The second-order valence-corrected chi connectivity index (χ2v) is 6.53. The van der Waals surface area contributed by atoms with Crippen LogP contribution in [0.25, 0.3) is 10.8 Å². The maximum atomic E-state index is 12.5. The first-order valence-corrected chi connectivity index (χ1v) is 9.65. The number of aromatic nitrogens is 1. The van der Waals surface area contributed by atoms with Crippen LogP contribution in [0.2, 0.25) is 0 Å². The van der Waals surface area contributed by atoms with Crippen LogP contribution in [0.4, 0.5) is 4.39 Å². The molecule has 176 valence electrons. The van der Waals surface area contributed by atoms with E-state index in [9.17, 15) is 4.39 Å². The van der Waals surface area contributed by atoms with E-state index < -0.39 is 18.6 Å². The smallest absolute Gasteiger partial charge is 0.414 e. The predicted octanol–water partition coefficient (Wildman–Crippen LogP) is 3.36. The number of halogens is 1. The van der Waals surface area contributed by atoms with Crippen LogP contribution in [-0.4, -0.2) is 61.7 Å². The summed E-state index contributed by atoms with van der Waals surface area (Å²) in [5.41, 5.74) is 1.88. The van der Waals surface area contributed by atoms with E-state index in [1.54, 1.807) is 27.5 Å². The third kappa shape index (κ3) is 6.96. The Morgan fingerprint density at radius 3 is 2.06 bits per heavy atom. The van der Waals surface area contributed by atoms with E-state index in [-0.39, 0.29) is 6.61 Å². The van der Waals surface area contributed by atoms with Crippen LogP contribution in [-0.2, 0) is 16.0 Å². The van der Waals surface area contributed by atoms with Gasteiger partial charge in [-0.3, -0.25) is 4.98 Å². The average molecular weight is 461 g/mol. The lowest BCUT2D eigenvalue weighted by molar-refractivity contribution is -0.159. The summed E-state index contributed by atoms with van der Waals surface area (Å²) in [7, 11) is 4.80. The minimum Gasteiger partial charge on any atom is -0.497 e. The number of fused-ring (bicyclic) bond motifs is 1. The highest BCUT2D eigenvalue weighted by molar-refractivity contribution is 6.27. The Balaban J connectivity index is 0.000000569. The van der Waals surface area contributed by atoms with Gasteiger partial charge in [0.2, 0.25) is 0 Å². The van der Waals surface area contributed by atoms with E-state index in [2.05, 4.69) is 4.98 Å². The Bertz CT molecular complexity index is 1080. The molecule has 1 heterocycles. The van der Waals surface area contributed by atoms with E-state index in [1.165, 1.54) is 0 Å². The van der Waals surface area contributed by atoms with Crippen LogP contribution in [0.15, 0.2) is 42.6 Å². The van der Waals surface area contributed by atoms with E-state index in [0.29, 0.717) is 17.9 Å². The van der Waals surface area contributed by atoms with Crippen LogP contribution in [0.5, 0.6) is 23.0 Å². The molecule has 9 nitrogen and oxygen atoms in total. The van der Waals surface area contributed by atoms with E-state index in [0.717, 1.165) is 33.5 Å². The second kappa shape index (κ2) is 12.1. The van der Waals surface area contributed by atoms with Crippen molar-refractivity contribution in [2.24, 2.45) is 0 Å². The first-order valence-electron chi connectivity index (χ1n) is 9.65. The molecule has 0 bridgehead atoms. The molecule has 10 heteroatoms. The molecule has 0 atom stereocenters. The Kier molecular flexibility index (Phi) is 9.22. The zero-order chi connectivity index (χ0) is 24.4. The van der Waals surface area contributed by atoms with Gasteiger partial charge in [-0.15, -0.1) is 0 Å². The van der Waals surface area contributed by atoms with Gasteiger partial charge in [0.05, 0.1) is 27.0 Å². The third-order valence-corrected chi connectivity index (χ3v) is 4.43. The molecule has 2 aromatic carbocycles. The minimum atomic E-state index is -1.82. The molecule has 0 aliphatic heterocycles. The van der Waals surface area contributed by atoms with Crippen molar-refractivity contribution in [3.05, 3.63) is 53.9 Å². The van der Waals surface area contributed by atoms with Crippen LogP contribution in [0.1, 0.15) is 11.3 Å². The molecule has 0 radical (unpaired) electrons. The maximum absolute atomic E-state index is 12.5. The Labute approximate surface area is 189 Å². The molecule has 0 amide bonds. The first kappa shape index (κ1) is 25.2. The number of carbonyl (C=O) groups is 2. The van der Waals surface area contributed by atoms with Crippen molar-refractivity contribution in [1.82, 2.24) is 4.98 Å². The number of hydrogen-bond donors (Lipinski definition) is 2. The van der Waals surface area contributed by atoms with Gasteiger partial charge in [0, 0.05) is 24.1 Å². The lowest BCUT2D eigenvalue weighted by atomic mass is 10.0. The van der Waals surface area contributed by atoms with Crippen molar-refractivity contribution < 1.29 is 43.1 Å². The van der Waals surface area contributed by atoms with Gasteiger partial charge in [-0.1, -0.05) is 0 Å². The SMILES string of the molecule is COc1cc(Cc2nccc3cc(OC)c(OCCF)cc23)cc(OC)c1.O=C(O)C(=O)O. The quantitative estimate of drug-likeness (QED) is 0.486. The normalized spacial score (nSPS) is 10.1. The number of alkyl halides is 1. The van der Waals surface area contributed by atoms with Crippen molar-refractivity contribution in [3.63, 3.8) is 0 Å². The molecule has 0 saturated heterocycles. The summed E-state index contributed by atoms with van der Waals surface area (Å²) in [5.74, 6) is -1.14. The highest BCUT2D eigenvalue weighted by Gasteiger charge is 2.12. The predicted molar refractivity (Wildman–Crippen MR) is 117 cm³/mol. The van der Waals surface area contributed by atoms with Crippen LogP contribution in [0.3, 0.4) is 0 Å². The van der Waals surface area contributed by atoms with Crippen molar-refractivity contribution in [2.45, 2.75) is 6.42 Å². The summed E-state index contributed by atoms with van der Waals surface area (Å²) in [4.78, 5) is 22.7. The minimum absolute atomic E-state index is 0.0233. The second-order valence-electron chi connectivity index (χ2n) is 6.53. The van der Waals surface area contributed by atoms with Crippen molar-refractivity contribution in [3.8, 4) is 23.0 Å². The number of hydrogen-bond acceptors (Lipinski definition) is 7. The summed E-state index contributed by atoms with van der Waals surface area (Å²) < 4.78 is 34.1. The Morgan fingerprint density at radius 1 is 0.909 bits per heavy atom. The molecule has 0 aliphatic carbocycles. The fraction of sp³-hybridized carbons (Fsp3) is 0.261. The van der Waals surface area contributed by atoms with Crippen LogP contribution >= 0.6 is 0 Å². The lowest BCUT2D eigenvalue weighted by Crippen LogP contribution is -2.09. The fourth-order valence-corrected chi connectivity index (χ4v) is 2.96. The van der Waals surface area contributed by atoms with E-state index in [1.807, 2.05) is 36.4 Å². The van der Waals surface area contributed by atoms with Gasteiger partial charge in [0.1, 0.15) is 24.8 Å². The van der Waals surface area contributed by atoms with E-state index >= 15 is 0 Å². The molecule has 0 aliphatic rings. The topological polar surface area (TPSA) is 124 Å². The number of rotatable bonds is 8. The molecule has 0 spiro atoms. The highest BCUT2D eigenvalue weighted by Crippen LogP contribution is 2.34. The Morgan fingerprint density at radius 2 is 1.55 bits per heavy atom. The fourth-order valence-electron chi connectivity index (χ4n) is 2.96. The van der Waals surface area contributed by atoms with Gasteiger partial charge in [0.25, 0.3) is 0 Å². The largest absolute Gasteiger partial charge is 0.497 e. The summed E-state index contributed by atoms with van der Waals surface area (Å²) in [6.45, 7) is -0.588. The number of benzene rings is 2. The number of aliphatic carboxylic acids is 2. The lowest BCUT2D eigenvalue weighted by Gasteiger charge is -2.13. The standard InChI is InChI=1S/C21H22FNO4.C2H2O4/c1-24-16-8-14(9-17(12-16)25-2)10-19-18-13-21(27-7-5-22)20(26-3)11-15(18)4-6-23-19;3-1(4)2(5)6/h4,6,8-9,11-13H,5,7,10H2,1-3H3;(H,3,4)(H,5,6). The summed E-state index contributed by atoms with van der Waals surface area (Å²) in [6.07, 6.45) is 2.34. The van der Waals surface area contributed by atoms with Crippen molar-refractivity contribution in [2.75, 3.05) is 34.6 Å². The Hall–Kier alpha value is -4.08. The molecular weight excluding hydrogens is 437 g/mol. The number of carboxylic acids is 2. The highest BCUT2D eigenvalue weighted by atomic mass is 19.1. The van der Waals surface area contributed by atoms with Crippen molar-refractivity contribution >= 4 is 22.7 Å². The number of methoxy groups -OCH3 is 3. The van der Waals surface area contributed by atoms with Gasteiger partial charge in [-0.2, -0.15) is 0 Å². The molecule has 33 heavy (non-hydrogen) atoms. The summed E-state index contributed by atoms with van der Waals surface area (Å²) in [5, 5.41) is 16.7. The zero-order valence-electron chi connectivity index (χ0n) is 18.3. The summed E-state index contributed by atoms with van der Waals surface area (Å²) in [6, 6.07) is 11.4. The number of nitrogens with zero attached hydrogens (tertiary/aromatic N) is 1. The third-order valence-electron chi connectivity index (χ3n) is 4.43. The van der Waals surface area contributed by atoms with Crippen LogP contribution in [0, 0.1) is 0 Å². The number of pyridine rings is 1.